The lowest BCUT2D eigenvalue weighted by Crippen LogP contribution is -2.22. The molecule has 0 spiro atoms. The van der Waals surface area contributed by atoms with Crippen LogP contribution in [0.5, 0.6) is 0 Å². The Morgan fingerprint density at radius 3 is 2.58 bits per heavy atom. The lowest BCUT2D eigenvalue weighted by Gasteiger charge is -2.04. The van der Waals surface area contributed by atoms with Crippen molar-refractivity contribution in [2.75, 3.05) is 0 Å². The first-order valence-electron chi connectivity index (χ1n) is 10.1. The van der Waals surface area contributed by atoms with Gasteiger partial charge in [-0.1, -0.05) is 43.3 Å². The molecule has 31 heavy (non-hydrogen) atoms. The maximum absolute atomic E-state index is 12.2. The van der Waals surface area contributed by atoms with Crippen LogP contribution in [0.1, 0.15) is 42.6 Å². The second-order valence-electron chi connectivity index (χ2n) is 7.43. The number of aryl methyl sites for hydroxylation is 1. The smallest absolute Gasteiger partial charge is 0.227 e. The Kier molecular flexibility index (Phi) is 6.47. The molecule has 0 atom stereocenters. The van der Waals surface area contributed by atoms with E-state index in [9.17, 15) is 4.79 Å². The highest BCUT2D eigenvalue weighted by molar-refractivity contribution is 7.09. The monoisotopic (exact) mass is 433 g/mol. The number of thiazole rings is 1. The van der Waals surface area contributed by atoms with Crippen molar-refractivity contribution >= 4 is 17.2 Å². The fraction of sp³-hybridized carbons (Fsp3) is 0.261. The zero-order chi connectivity index (χ0) is 21.6. The van der Waals surface area contributed by atoms with E-state index < -0.39 is 0 Å². The summed E-state index contributed by atoms with van der Waals surface area (Å²) in [6.45, 7) is 4.70. The second kappa shape index (κ2) is 9.61. The Hall–Kier alpha value is -3.39. The van der Waals surface area contributed by atoms with Crippen LogP contribution in [-0.4, -0.2) is 26.0 Å². The molecule has 4 rings (SSSR count). The average Bonchev–Trinajstić information content (AvgIpc) is 3.47. The van der Waals surface area contributed by atoms with Gasteiger partial charge in [0.1, 0.15) is 5.01 Å². The van der Waals surface area contributed by atoms with Crippen molar-refractivity contribution in [3.63, 3.8) is 0 Å². The van der Waals surface area contributed by atoms with Gasteiger partial charge in [0.2, 0.25) is 17.6 Å². The number of hydrogen-bond donors (Lipinski definition) is 1. The first-order valence-corrected chi connectivity index (χ1v) is 11.0. The molecule has 0 unspecified atom stereocenters. The summed E-state index contributed by atoms with van der Waals surface area (Å²) >= 11 is 1.52. The molecule has 158 valence electrons. The number of benzene rings is 1. The van der Waals surface area contributed by atoms with Crippen LogP contribution in [0.25, 0.3) is 22.6 Å². The summed E-state index contributed by atoms with van der Waals surface area (Å²) in [5.41, 5.74) is 4.06. The van der Waals surface area contributed by atoms with Gasteiger partial charge in [-0.25, -0.2) is 4.98 Å². The van der Waals surface area contributed by atoms with Gasteiger partial charge in [-0.2, -0.15) is 4.98 Å². The minimum atomic E-state index is -0.0818. The van der Waals surface area contributed by atoms with Crippen LogP contribution in [0, 0.1) is 0 Å². The predicted octanol–water partition coefficient (Wildman–Crippen LogP) is 4.63. The summed E-state index contributed by atoms with van der Waals surface area (Å²) in [6.07, 6.45) is 4.14. The van der Waals surface area contributed by atoms with Crippen LogP contribution in [0.15, 0.2) is 58.7 Å². The number of nitrogens with zero attached hydrogens (tertiary/aromatic N) is 4. The Labute approximate surface area is 184 Å². The minimum Gasteiger partial charge on any atom is -0.350 e. The van der Waals surface area contributed by atoms with Crippen LogP contribution in [0.3, 0.4) is 0 Å². The molecule has 0 aliphatic rings. The largest absolute Gasteiger partial charge is 0.350 e. The van der Waals surface area contributed by atoms with E-state index in [1.54, 1.807) is 12.4 Å². The number of rotatable bonds is 8. The van der Waals surface area contributed by atoms with Gasteiger partial charge in [0.15, 0.2) is 0 Å². The van der Waals surface area contributed by atoms with E-state index in [-0.39, 0.29) is 12.3 Å². The standard InChI is InChI=1S/C23H23N5O2S/c1-15(2)16-3-5-18(6-4-16)23-27-21(30-28-23)8-7-20(29)25-13-22-26-19(14-31-22)17-9-11-24-12-10-17/h3-6,9-12,14-15H,7-8,13H2,1-2H3,(H,25,29). The number of hydrogen-bond acceptors (Lipinski definition) is 7. The number of amides is 1. The lowest BCUT2D eigenvalue weighted by molar-refractivity contribution is -0.121. The van der Waals surface area contributed by atoms with Crippen molar-refractivity contribution in [3.05, 3.63) is 70.6 Å². The van der Waals surface area contributed by atoms with Crippen LogP contribution in [-0.2, 0) is 17.8 Å². The third-order valence-corrected chi connectivity index (χ3v) is 5.68. The molecule has 0 radical (unpaired) electrons. The second-order valence-corrected chi connectivity index (χ2v) is 8.37. The summed E-state index contributed by atoms with van der Waals surface area (Å²) in [4.78, 5) is 25.2. The van der Waals surface area contributed by atoms with Crippen molar-refractivity contribution in [2.24, 2.45) is 0 Å². The molecule has 0 aliphatic heterocycles. The van der Waals surface area contributed by atoms with Gasteiger partial charge in [0.25, 0.3) is 0 Å². The van der Waals surface area contributed by atoms with Gasteiger partial charge in [0, 0.05) is 41.7 Å². The van der Waals surface area contributed by atoms with Crippen LogP contribution in [0.2, 0.25) is 0 Å². The number of pyridine rings is 1. The van der Waals surface area contributed by atoms with Crippen LogP contribution >= 0.6 is 11.3 Å². The Morgan fingerprint density at radius 2 is 1.84 bits per heavy atom. The van der Waals surface area contributed by atoms with Crippen molar-refractivity contribution in [1.82, 2.24) is 25.4 Å². The molecule has 3 aromatic heterocycles. The fourth-order valence-electron chi connectivity index (χ4n) is 3.02. The molecule has 0 saturated heterocycles. The molecule has 1 aromatic carbocycles. The fourth-order valence-corrected chi connectivity index (χ4v) is 3.76. The molecule has 8 heteroatoms. The lowest BCUT2D eigenvalue weighted by atomic mass is 10.0. The summed E-state index contributed by atoms with van der Waals surface area (Å²) < 4.78 is 5.31. The average molecular weight is 434 g/mol. The van der Waals surface area contributed by atoms with E-state index in [0.29, 0.717) is 30.6 Å². The summed E-state index contributed by atoms with van der Waals surface area (Å²) in [6, 6.07) is 11.9. The maximum atomic E-state index is 12.2. The van der Waals surface area contributed by atoms with Gasteiger partial charge in [-0.15, -0.1) is 11.3 Å². The van der Waals surface area contributed by atoms with Gasteiger partial charge in [0.05, 0.1) is 12.2 Å². The van der Waals surface area contributed by atoms with Crippen LogP contribution < -0.4 is 5.32 Å². The highest BCUT2D eigenvalue weighted by atomic mass is 32.1. The number of aromatic nitrogens is 4. The molecule has 0 aliphatic carbocycles. The molecule has 1 N–H and O–H groups in total. The Balaban J connectivity index is 1.26. The number of nitrogens with one attached hydrogen (secondary N) is 1. The molecule has 3 heterocycles. The molecular formula is C23H23N5O2S. The third-order valence-electron chi connectivity index (χ3n) is 4.83. The Morgan fingerprint density at radius 1 is 1.06 bits per heavy atom. The zero-order valence-corrected chi connectivity index (χ0v) is 18.2. The van der Waals surface area contributed by atoms with Crippen molar-refractivity contribution in [2.45, 2.75) is 39.2 Å². The predicted molar refractivity (Wildman–Crippen MR) is 119 cm³/mol. The number of carbonyl (C=O) groups is 1. The molecule has 0 fully saturated rings. The third kappa shape index (κ3) is 5.40. The normalized spacial score (nSPS) is 11.1. The summed E-state index contributed by atoms with van der Waals surface area (Å²) in [5, 5.41) is 9.76. The summed E-state index contributed by atoms with van der Waals surface area (Å²) in [7, 11) is 0. The first kappa shape index (κ1) is 20.9. The van der Waals surface area contributed by atoms with Gasteiger partial charge in [-0.3, -0.25) is 9.78 Å². The maximum Gasteiger partial charge on any atom is 0.227 e. The quantitative estimate of drug-likeness (QED) is 0.435. The van der Waals surface area contributed by atoms with E-state index in [1.165, 1.54) is 16.9 Å². The Bertz CT molecular complexity index is 1140. The van der Waals surface area contributed by atoms with Gasteiger partial charge < -0.3 is 9.84 Å². The summed E-state index contributed by atoms with van der Waals surface area (Å²) in [5.74, 6) is 1.38. The first-order chi connectivity index (χ1) is 15.1. The van der Waals surface area contributed by atoms with E-state index in [4.69, 9.17) is 4.52 Å². The highest BCUT2D eigenvalue weighted by Gasteiger charge is 2.12. The van der Waals surface area contributed by atoms with E-state index in [1.807, 2.05) is 29.6 Å². The topological polar surface area (TPSA) is 93.8 Å². The molecule has 1 amide bonds. The van der Waals surface area contributed by atoms with Gasteiger partial charge >= 0.3 is 0 Å². The number of carbonyl (C=O) groups excluding carboxylic acids is 1. The zero-order valence-electron chi connectivity index (χ0n) is 17.4. The van der Waals surface area contributed by atoms with E-state index in [2.05, 4.69) is 51.4 Å². The SMILES string of the molecule is CC(C)c1ccc(-c2noc(CCC(=O)NCc3nc(-c4ccncc4)cs3)n2)cc1. The molecular weight excluding hydrogens is 410 g/mol. The molecule has 7 nitrogen and oxygen atoms in total. The highest BCUT2D eigenvalue weighted by Crippen LogP contribution is 2.22. The van der Waals surface area contributed by atoms with Crippen molar-refractivity contribution in [3.8, 4) is 22.6 Å². The molecule has 4 aromatic rings. The van der Waals surface area contributed by atoms with Gasteiger partial charge in [-0.05, 0) is 23.6 Å². The minimum absolute atomic E-state index is 0.0818. The van der Waals surface area contributed by atoms with E-state index >= 15 is 0 Å². The van der Waals surface area contributed by atoms with Crippen LogP contribution in [0.4, 0.5) is 0 Å². The van der Waals surface area contributed by atoms with Crippen molar-refractivity contribution in [1.29, 1.82) is 0 Å². The molecule has 0 saturated carbocycles. The van der Waals surface area contributed by atoms with Crippen molar-refractivity contribution < 1.29 is 9.32 Å². The van der Waals surface area contributed by atoms with E-state index in [0.717, 1.165) is 21.8 Å². The molecule has 0 bridgehead atoms.